The monoisotopic (exact) mass is 317 g/mol. The molecule has 7 heteroatoms. The SMILES string of the molecule is NC(=O)c1ccc(N2CCCC2)c(/C=C2\SC(=O)NC2=O)c1. The first-order valence-electron chi connectivity index (χ1n) is 6.98. The summed E-state index contributed by atoms with van der Waals surface area (Å²) in [5.41, 5.74) is 7.39. The number of nitrogens with two attached hydrogens (primary N) is 1. The molecular weight excluding hydrogens is 302 g/mol. The van der Waals surface area contributed by atoms with Crippen LogP contribution in [0.25, 0.3) is 6.08 Å². The number of nitrogens with zero attached hydrogens (tertiary/aromatic N) is 1. The van der Waals surface area contributed by atoms with Crippen molar-refractivity contribution in [1.29, 1.82) is 0 Å². The van der Waals surface area contributed by atoms with Gasteiger partial charge in [-0.2, -0.15) is 0 Å². The maximum Gasteiger partial charge on any atom is 0.290 e. The van der Waals surface area contributed by atoms with E-state index >= 15 is 0 Å². The number of hydrogen-bond donors (Lipinski definition) is 2. The highest BCUT2D eigenvalue weighted by Gasteiger charge is 2.26. The van der Waals surface area contributed by atoms with E-state index in [-0.39, 0.29) is 5.24 Å². The molecule has 2 heterocycles. The van der Waals surface area contributed by atoms with Gasteiger partial charge in [-0.3, -0.25) is 19.7 Å². The van der Waals surface area contributed by atoms with Crippen molar-refractivity contribution in [2.75, 3.05) is 18.0 Å². The van der Waals surface area contributed by atoms with Crippen molar-refractivity contribution in [3.05, 3.63) is 34.2 Å². The van der Waals surface area contributed by atoms with E-state index in [0.29, 0.717) is 10.5 Å². The molecule has 22 heavy (non-hydrogen) atoms. The Kier molecular flexibility index (Phi) is 3.89. The van der Waals surface area contributed by atoms with Crippen LogP contribution in [0, 0.1) is 0 Å². The van der Waals surface area contributed by atoms with E-state index in [4.69, 9.17) is 5.73 Å². The Hall–Kier alpha value is -2.28. The number of carbonyl (C=O) groups excluding carboxylic acids is 3. The number of nitrogens with one attached hydrogen (secondary N) is 1. The fourth-order valence-electron chi connectivity index (χ4n) is 2.63. The number of thioether (sulfide) groups is 1. The summed E-state index contributed by atoms with van der Waals surface area (Å²) >= 11 is 0.861. The highest BCUT2D eigenvalue weighted by atomic mass is 32.2. The van der Waals surface area contributed by atoms with Gasteiger partial charge in [0.15, 0.2) is 0 Å². The van der Waals surface area contributed by atoms with E-state index < -0.39 is 11.8 Å². The van der Waals surface area contributed by atoms with Crippen molar-refractivity contribution in [1.82, 2.24) is 5.32 Å². The summed E-state index contributed by atoms with van der Waals surface area (Å²) in [6.07, 6.45) is 3.87. The van der Waals surface area contributed by atoms with Gasteiger partial charge in [-0.25, -0.2) is 0 Å². The molecular formula is C15H15N3O3S. The molecule has 2 aliphatic rings. The summed E-state index contributed by atoms with van der Waals surface area (Å²) in [6.45, 7) is 1.87. The Morgan fingerprint density at radius 1 is 1.27 bits per heavy atom. The lowest BCUT2D eigenvalue weighted by molar-refractivity contribution is -0.115. The number of carbonyl (C=O) groups is 3. The van der Waals surface area contributed by atoms with Gasteiger partial charge in [0.1, 0.15) is 0 Å². The largest absolute Gasteiger partial charge is 0.371 e. The first kappa shape index (κ1) is 14.6. The molecule has 3 N–H and O–H groups in total. The zero-order valence-electron chi connectivity index (χ0n) is 11.8. The van der Waals surface area contributed by atoms with E-state index in [2.05, 4.69) is 10.2 Å². The molecule has 2 saturated heterocycles. The van der Waals surface area contributed by atoms with Crippen LogP contribution in [-0.4, -0.2) is 30.1 Å². The van der Waals surface area contributed by atoms with Crippen LogP contribution in [-0.2, 0) is 4.79 Å². The van der Waals surface area contributed by atoms with Crippen LogP contribution in [0.1, 0.15) is 28.8 Å². The molecule has 1 aromatic rings. The molecule has 3 amide bonds. The molecule has 0 saturated carbocycles. The smallest absolute Gasteiger partial charge is 0.290 e. The molecule has 1 aromatic carbocycles. The molecule has 3 rings (SSSR count). The lowest BCUT2D eigenvalue weighted by atomic mass is 10.1. The fraction of sp³-hybridized carbons (Fsp3) is 0.267. The number of primary amides is 1. The number of benzene rings is 1. The van der Waals surface area contributed by atoms with E-state index in [1.807, 2.05) is 6.07 Å². The van der Waals surface area contributed by atoms with E-state index in [1.165, 1.54) is 0 Å². The minimum atomic E-state index is -0.521. The Labute approximate surface area is 131 Å². The predicted octanol–water partition coefficient (Wildman–Crippen LogP) is 1.71. The number of imide groups is 1. The van der Waals surface area contributed by atoms with Gasteiger partial charge in [0.05, 0.1) is 4.91 Å². The normalized spacial score (nSPS) is 19.8. The van der Waals surface area contributed by atoms with Crippen molar-refractivity contribution in [3.8, 4) is 0 Å². The van der Waals surface area contributed by atoms with Gasteiger partial charge in [0.2, 0.25) is 5.91 Å². The zero-order chi connectivity index (χ0) is 15.7. The lowest BCUT2D eigenvalue weighted by Crippen LogP contribution is -2.20. The summed E-state index contributed by atoms with van der Waals surface area (Å²) in [6, 6.07) is 5.20. The minimum Gasteiger partial charge on any atom is -0.371 e. The van der Waals surface area contributed by atoms with Crippen molar-refractivity contribution in [2.24, 2.45) is 5.73 Å². The second kappa shape index (κ2) is 5.84. The summed E-state index contributed by atoms with van der Waals surface area (Å²) in [5.74, 6) is -0.931. The molecule has 0 bridgehead atoms. The van der Waals surface area contributed by atoms with Crippen LogP contribution in [0.4, 0.5) is 10.5 Å². The number of hydrogen-bond acceptors (Lipinski definition) is 5. The number of anilines is 1. The second-order valence-corrected chi connectivity index (χ2v) is 6.20. The summed E-state index contributed by atoms with van der Waals surface area (Å²) in [7, 11) is 0. The Balaban J connectivity index is 2.04. The highest BCUT2D eigenvalue weighted by Crippen LogP contribution is 2.31. The van der Waals surface area contributed by atoms with Crippen LogP contribution in [0.3, 0.4) is 0 Å². The van der Waals surface area contributed by atoms with Crippen molar-refractivity contribution < 1.29 is 14.4 Å². The molecule has 6 nitrogen and oxygen atoms in total. The van der Waals surface area contributed by atoms with Crippen LogP contribution < -0.4 is 16.0 Å². The van der Waals surface area contributed by atoms with Gasteiger partial charge < -0.3 is 10.6 Å². The molecule has 0 unspecified atom stereocenters. The third-order valence-corrected chi connectivity index (χ3v) is 4.50. The molecule has 0 aliphatic carbocycles. The van der Waals surface area contributed by atoms with Crippen LogP contribution >= 0.6 is 11.8 Å². The molecule has 114 valence electrons. The molecule has 0 aromatic heterocycles. The van der Waals surface area contributed by atoms with E-state index in [0.717, 1.165) is 48.9 Å². The number of rotatable bonds is 3. The maximum absolute atomic E-state index is 11.7. The van der Waals surface area contributed by atoms with Crippen LogP contribution in [0.5, 0.6) is 0 Å². The maximum atomic E-state index is 11.7. The molecule has 0 spiro atoms. The van der Waals surface area contributed by atoms with E-state index in [9.17, 15) is 14.4 Å². The Morgan fingerprint density at radius 2 is 2.00 bits per heavy atom. The lowest BCUT2D eigenvalue weighted by Gasteiger charge is -2.20. The number of amides is 3. The summed E-state index contributed by atoms with van der Waals surface area (Å²) < 4.78 is 0. The van der Waals surface area contributed by atoms with Gasteiger partial charge in [0, 0.05) is 24.3 Å². The minimum absolute atomic E-state index is 0.326. The Bertz CT molecular complexity index is 693. The van der Waals surface area contributed by atoms with Crippen molar-refractivity contribution in [2.45, 2.75) is 12.8 Å². The average Bonchev–Trinajstić information content (AvgIpc) is 3.09. The van der Waals surface area contributed by atoms with Gasteiger partial charge in [0.25, 0.3) is 11.1 Å². The molecule has 2 aliphatic heterocycles. The Morgan fingerprint density at radius 3 is 2.59 bits per heavy atom. The van der Waals surface area contributed by atoms with Crippen molar-refractivity contribution in [3.63, 3.8) is 0 Å². The first-order valence-corrected chi connectivity index (χ1v) is 7.80. The standard InChI is InChI=1S/C15H15N3O3S/c16-13(19)9-3-4-11(18-5-1-2-6-18)10(7-9)8-12-14(20)17-15(21)22-12/h3-4,7-8H,1-2,5-6H2,(H2,16,19)(H,17,20,21)/b12-8-. The first-order chi connectivity index (χ1) is 10.5. The van der Waals surface area contributed by atoms with Gasteiger partial charge in [-0.05, 0) is 54.4 Å². The summed E-state index contributed by atoms with van der Waals surface area (Å²) in [4.78, 5) is 36.9. The van der Waals surface area contributed by atoms with Gasteiger partial charge in [-0.1, -0.05) is 0 Å². The topological polar surface area (TPSA) is 92.5 Å². The fourth-order valence-corrected chi connectivity index (χ4v) is 3.30. The third kappa shape index (κ3) is 2.85. The average molecular weight is 317 g/mol. The third-order valence-electron chi connectivity index (χ3n) is 3.69. The molecule has 0 radical (unpaired) electrons. The molecule has 0 atom stereocenters. The van der Waals surface area contributed by atoms with Crippen LogP contribution in [0.2, 0.25) is 0 Å². The zero-order valence-corrected chi connectivity index (χ0v) is 12.6. The van der Waals surface area contributed by atoms with Crippen molar-refractivity contribution >= 4 is 40.6 Å². The second-order valence-electron chi connectivity index (χ2n) is 5.18. The summed E-state index contributed by atoms with van der Waals surface area (Å²) in [5, 5.41) is 1.84. The predicted molar refractivity (Wildman–Crippen MR) is 85.5 cm³/mol. The highest BCUT2D eigenvalue weighted by molar-refractivity contribution is 8.18. The van der Waals surface area contributed by atoms with Gasteiger partial charge in [-0.15, -0.1) is 0 Å². The van der Waals surface area contributed by atoms with E-state index in [1.54, 1.807) is 18.2 Å². The van der Waals surface area contributed by atoms with Gasteiger partial charge >= 0.3 is 0 Å². The quantitative estimate of drug-likeness (QED) is 0.828. The molecule has 2 fully saturated rings. The van der Waals surface area contributed by atoms with Crippen LogP contribution in [0.15, 0.2) is 23.1 Å².